The van der Waals surface area contributed by atoms with Gasteiger partial charge in [0.25, 0.3) is 0 Å². The average molecular weight is 184 g/mol. The van der Waals surface area contributed by atoms with Crippen molar-refractivity contribution in [3.05, 3.63) is 6.42 Å². The van der Waals surface area contributed by atoms with Crippen LogP contribution in [-0.4, -0.2) is 37.1 Å². The van der Waals surface area contributed by atoms with Crippen molar-refractivity contribution in [2.24, 2.45) is 0 Å². The van der Waals surface area contributed by atoms with Gasteiger partial charge < -0.3 is 9.64 Å². The molecule has 0 aromatic heterocycles. The molecule has 1 saturated heterocycles. The second-order valence-corrected chi connectivity index (χ2v) is 3.29. The van der Waals surface area contributed by atoms with Crippen LogP contribution in [0.25, 0.3) is 0 Å². The van der Waals surface area contributed by atoms with Gasteiger partial charge in [-0.25, -0.2) is 0 Å². The van der Waals surface area contributed by atoms with Gasteiger partial charge in [-0.2, -0.15) is 0 Å². The highest BCUT2D eigenvalue weighted by atomic mass is 16.5. The Kier molecular flexibility index (Phi) is 4.83. The van der Waals surface area contributed by atoms with Crippen molar-refractivity contribution in [3.8, 4) is 0 Å². The zero-order valence-electron chi connectivity index (χ0n) is 8.29. The van der Waals surface area contributed by atoms with Crippen molar-refractivity contribution in [1.82, 2.24) is 4.90 Å². The Morgan fingerprint density at radius 1 is 1.46 bits per heavy atom. The molecule has 75 valence electrons. The first kappa shape index (κ1) is 10.5. The Morgan fingerprint density at radius 3 is 2.77 bits per heavy atom. The monoisotopic (exact) mass is 184 g/mol. The third-order valence-corrected chi connectivity index (χ3v) is 2.25. The molecule has 0 saturated carbocycles. The van der Waals surface area contributed by atoms with Crippen LogP contribution in [0.1, 0.15) is 26.2 Å². The van der Waals surface area contributed by atoms with Gasteiger partial charge in [-0.15, -0.1) is 0 Å². The third kappa shape index (κ3) is 3.77. The van der Waals surface area contributed by atoms with Crippen LogP contribution in [0.2, 0.25) is 0 Å². The first-order valence-electron chi connectivity index (χ1n) is 4.98. The van der Waals surface area contributed by atoms with Gasteiger partial charge in [0.1, 0.15) is 0 Å². The number of nitrogens with zero attached hydrogens (tertiary/aromatic N) is 1. The van der Waals surface area contributed by atoms with E-state index in [4.69, 9.17) is 4.74 Å². The molecule has 0 N–H and O–H groups in total. The number of morpholine rings is 1. The van der Waals surface area contributed by atoms with E-state index in [1.807, 2.05) is 11.8 Å². The second-order valence-electron chi connectivity index (χ2n) is 3.29. The van der Waals surface area contributed by atoms with Crippen molar-refractivity contribution in [1.29, 1.82) is 0 Å². The van der Waals surface area contributed by atoms with E-state index in [9.17, 15) is 4.79 Å². The number of carbonyl (C=O) groups excluding carboxylic acids is 1. The van der Waals surface area contributed by atoms with Gasteiger partial charge in [-0.05, 0) is 19.3 Å². The highest BCUT2D eigenvalue weighted by Crippen LogP contribution is 2.04. The molecular formula is C10H18NO2. The van der Waals surface area contributed by atoms with Gasteiger partial charge in [0, 0.05) is 19.5 Å². The largest absolute Gasteiger partial charge is 0.378 e. The zero-order chi connectivity index (χ0) is 9.52. The summed E-state index contributed by atoms with van der Waals surface area (Å²) in [4.78, 5) is 13.4. The molecule has 1 amide bonds. The highest BCUT2D eigenvalue weighted by molar-refractivity contribution is 5.76. The second kappa shape index (κ2) is 5.97. The summed E-state index contributed by atoms with van der Waals surface area (Å²) in [6.45, 7) is 4.97. The van der Waals surface area contributed by atoms with Crippen molar-refractivity contribution in [2.75, 3.05) is 26.3 Å². The lowest BCUT2D eigenvalue weighted by molar-refractivity contribution is -0.135. The van der Waals surface area contributed by atoms with Crippen LogP contribution in [0.5, 0.6) is 0 Å². The maximum Gasteiger partial charge on any atom is 0.222 e. The van der Waals surface area contributed by atoms with Gasteiger partial charge in [0.2, 0.25) is 5.91 Å². The number of amides is 1. The molecule has 0 aliphatic carbocycles. The Hall–Kier alpha value is -0.570. The van der Waals surface area contributed by atoms with E-state index in [0.717, 1.165) is 25.9 Å². The van der Waals surface area contributed by atoms with Crippen LogP contribution in [-0.2, 0) is 9.53 Å². The van der Waals surface area contributed by atoms with Gasteiger partial charge in [0.15, 0.2) is 0 Å². The quantitative estimate of drug-likeness (QED) is 0.615. The highest BCUT2D eigenvalue weighted by Gasteiger charge is 2.15. The topological polar surface area (TPSA) is 29.5 Å². The molecule has 3 heteroatoms. The van der Waals surface area contributed by atoms with E-state index >= 15 is 0 Å². The predicted molar refractivity (Wildman–Crippen MR) is 51.2 cm³/mol. The fraction of sp³-hybridized carbons (Fsp3) is 0.800. The fourth-order valence-corrected chi connectivity index (χ4v) is 1.43. The molecule has 0 spiro atoms. The standard InChI is InChI=1S/C10H18NO2/c1-2-3-4-5-10(12)11-6-8-13-9-7-11/h2H,3-9H2,1H3. The maximum absolute atomic E-state index is 11.5. The van der Waals surface area contributed by atoms with Crippen molar-refractivity contribution in [2.45, 2.75) is 26.2 Å². The summed E-state index contributed by atoms with van der Waals surface area (Å²) in [5.74, 6) is 0.283. The minimum atomic E-state index is 0.283. The summed E-state index contributed by atoms with van der Waals surface area (Å²) >= 11 is 0. The van der Waals surface area contributed by atoms with Crippen molar-refractivity contribution < 1.29 is 9.53 Å². The number of unbranched alkanes of at least 4 members (excludes halogenated alkanes) is 2. The average Bonchev–Trinajstić information content (AvgIpc) is 2.19. The minimum Gasteiger partial charge on any atom is -0.378 e. The normalized spacial score (nSPS) is 17.5. The molecule has 13 heavy (non-hydrogen) atoms. The Bertz CT molecular complexity index is 153. The van der Waals surface area contributed by atoms with Gasteiger partial charge in [-0.1, -0.05) is 6.92 Å². The van der Waals surface area contributed by atoms with E-state index in [0.29, 0.717) is 19.6 Å². The molecule has 1 aliphatic heterocycles. The van der Waals surface area contributed by atoms with Crippen LogP contribution in [0.3, 0.4) is 0 Å². The Labute approximate surface area is 80.1 Å². The number of ether oxygens (including phenoxy) is 1. The molecule has 1 rings (SSSR count). The maximum atomic E-state index is 11.5. The fourth-order valence-electron chi connectivity index (χ4n) is 1.43. The molecule has 1 heterocycles. The molecule has 1 fully saturated rings. The van der Waals surface area contributed by atoms with Crippen LogP contribution < -0.4 is 0 Å². The summed E-state index contributed by atoms with van der Waals surface area (Å²) in [6.07, 6.45) is 4.81. The summed E-state index contributed by atoms with van der Waals surface area (Å²) in [5.41, 5.74) is 0. The lowest BCUT2D eigenvalue weighted by atomic mass is 10.2. The predicted octanol–water partition coefficient (Wildman–Crippen LogP) is 1.24. The minimum absolute atomic E-state index is 0.283. The summed E-state index contributed by atoms with van der Waals surface area (Å²) < 4.78 is 5.18. The molecule has 0 atom stereocenters. The van der Waals surface area contributed by atoms with E-state index in [2.05, 4.69) is 6.42 Å². The van der Waals surface area contributed by atoms with E-state index in [1.54, 1.807) is 0 Å². The number of carbonyl (C=O) groups is 1. The van der Waals surface area contributed by atoms with E-state index in [1.165, 1.54) is 0 Å². The van der Waals surface area contributed by atoms with E-state index in [-0.39, 0.29) is 5.91 Å². The first-order chi connectivity index (χ1) is 6.34. The first-order valence-corrected chi connectivity index (χ1v) is 4.98. The summed E-state index contributed by atoms with van der Waals surface area (Å²) in [7, 11) is 0. The summed E-state index contributed by atoms with van der Waals surface area (Å²) in [6, 6.07) is 0. The van der Waals surface area contributed by atoms with Crippen LogP contribution >= 0.6 is 0 Å². The molecule has 1 radical (unpaired) electrons. The van der Waals surface area contributed by atoms with Crippen LogP contribution in [0.4, 0.5) is 0 Å². The van der Waals surface area contributed by atoms with Crippen molar-refractivity contribution in [3.63, 3.8) is 0 Å². The van der Waals surface area contributed by atoms with Gasteiger partial charge in [-0.3, -0.25) is 4.79 Å². The Balaban J connectivity index is 2.13. The molecule has 0 aromatic carbocycles. The van der Waals surface area contributed by atoms with Crippen LogP contribution in [0, 0.1) is 6.42 Å². The molecule has 0 aromatic rings. The molecule has 3 nitrogen and oxygen atoms in total. The summed E-state index contributed by atoms with van der Waals surface area (Å²) in [5, 5.41) is 0. The SMILES string of the molecule is C[CH]CCCC(=O)N1CCOCC1. The molecule has 1 aliphatic rings. The Morgan fingerprint density at radius 2 is 2.15 bits per heavy atom. The number of hydrogen-bond acceptors (Lipinski definition) is 2. The molecular weight excluding hydrogens is 166 g/mol. The third-order valence-electron chi connectivity index (χ3n) is 2.25. The molecule has 0 bridgehead atoms. The van der Waals surface area contributed by atoms with Gasteiger partial charge in [0.05, 0.1) is 13.2 Å². The van der Waals surface area contributed by atoms with Gasteiger partial charge >= 0.3 is 0 Å². The van der Waals surface area contributed by atoms with Crippen molar-refractivity contribution >= 4 is 5.91 Å². The zero-order valence-corrected chi connectivity index (χ0v) is 8.29. The lowest BCUT2D eigenvalue weighted by Crippen LogP contribution is -2.40. The van der Waals surface area contributed by atoms with Crippen LogP contribution in [0.15, 0.2) is 0 Å². The smallest absolute Gasteiger partial charge is 0.222 e. The number of rotatable bonds is 4. The number of hydrogen-bond donors (Lipinski definition) is 0. The van der Waals surface area contributed by atoms with E-state index < -0.39 is 0 Å². The molecule has 0 unspecified atom stereocenters. The lowest BCUT2D eigenvalue weighted by Gasteiger charge is -2.26.